The van der Waals surface area contributed by atoms with E-state index in [0.29, 0.717) is 23.3 Å². The summed E-state index contributed by atoms with van der Waals surface area (Å²) in [5.41, 5.74) is -0.195. The Morgan fingerprint density at radius 1 is 1.21 bits per heavy atom. The van der Waals surface area contributed by atoms with E-state index < -0.39 is 15.6 Å². The number of benzene rings is 1. The highest BCUT2D eigenvalue weighted by atomic mass is 32.2. The quantitative estimate of drug-likeness (QED) is 0.711. The molecule has 2 N–H and O–H groups in total. The summed E-state index contributed by atoms with van der Waals surface area (Å²) < 4.78 is 33.2. The highest BCUT2D eigenvalue weighted by Crippen LogP contribution is 2.47. The van der Waals surface area contributed by atoms with E-state index >= 15 is 0 Å². The molecule has 0 spiro atoms. The summed E-state index contributed by atoms with van der Waals surface area (Å²) in [6.07, 6.45) is 4.11. The van der Waals surface area contributed by atoms with Gasteiger partial charge < -0.3 is 9.73 Å². The van der Waals surface area contributed by atoms with E-state index in [1.807, 2.05) is 12.1 Å². The van der Waals surface area contributed by atoms with Crippen molar-refractivity contribution < 1.29 is 17.6 Å². The van der Waals surface area contributed by atoms with Gasteiger partial charge in [-0.25, -0.2) is 13.1 Å². The minimum atomic E-state index is -3.67. The predicted octanol–water partition coefficient (Wildman–Crippen LogP) is 4.13. The highest BCUT2D eigenvalue weighted by molar-refractivity contribution is 7.89. The zero-order chi connectivity index (χ0) is 20.5. The summed E-state index contributed by atoms with van der Waals surface area (Å²) in [7, 11) is -3.67. The van der Waals surface area contributed by atoms with Crippen LogP contribution in [0.15, 0.2) is 51.8 Å². The smallest absolute Gasteiger partial charge is 0.248 e. The van der Waals surface area contributed by atoms with Crippen LogP contribution in [0.2, 0.25) is 0 Å². The van der Waals surface area contributed by atoms with E-state index in [9.17, 15) is 13.2 Å². The molecule has 1 aliphatic carbocycles. The van der Waals surface area contributed by atoms with Crippen LogP contribution in [-0.4, -0.2) is 19.9 Å². The highest BCUT2D eigenvalue weighted by Gasteiger charge is 2.36. The summed E-state index contributed by atoms with van der Waals surface area (Å²) in [5, 5.41) is 2.68. The third-order valence-corrected chi connectivity index (χ3v) is 6.13. The van der Waals surface area contributed by atoms with Crippen LogP contribution in [0.25, 0.3) is 6.08 Å². The molecule has 1 heterocycles. The van der Waals surface area contributed by atoms with Crippen LogP contribution in [0.3, 0.4) is 0 Å². The van der Waals surface area contributed by atoms with Gasteiger partial charge in [0.15, 0.2) is 0 Å². The Morgan fingerprint density at radius 2 is 1.93 bits per heavy atom. The first-order valence-electron chi connectivity index (χ1n) is 9.26. The molecule has 1 aliphatic rings. The molecule has 1 fully saturated rings. The summed E-state index contributed by atoms with van der Waals surface area (Å²) in [6, 6.07) is 9.94. The average Bonchev–Trinajstić information content (AvgIpc) is 3.12. The Kier molecular flexibility index (Phi) is 5.50. The lowest BCUT2D eigenvalue weighted by Gasteiger charge is -2.20. The number of amides is 1. The Balaban J connectivity index is 1.65. The number of carbonyl (C=O) groups excluding carboxylic acids is 1. The molecule has 6 nitrogen and oxygen atoms in total. The molecule has 28 heavy (non-hydrogen) atoms. The molecule has 0 aliphatic heterocycles. The van der Waals surface area contributed by atoms with Gasteiger partial charge in [0.1, 0.15) is 11.5 Å². The fourth-order valence-corrected chi connectivity index (χ4v) is 4.38. The Morgan fingerprint density at radius 3 is 2.57 bits per heavy atom. The first-order chi connectivity index (χ1) is 13.0. The summed E-state index contributed by atoms with van der Waals surface area (Å²) in [5.74, 6) is 2.35. The largest absolute Gasteiger partial charge is 0.461 e. The maximum Gasteiger partial charge on any atom is 0.248 e. The van der Waals surface area contributed by atoms with Crippen LogP contribution in [-0.2, 0) is 14.8 Å². The standard InChI is InChI=1S/C21H26N2O4S/c1-14-12-18(14)19-10-8-16(27-19)9-11-20(24)22-15-6-5-7-17(13-15)28(25,26)23-21(2,3)4/h5-11,13-14,18,23H,12H2,1-4H3,(H,22,24)/b11-9+. The van der Waals surface area contributed by atoms with Gasteiger partial charge in [-0.1, -0.05) is 13.0 Å². The van der Waals surface area contributed by atoms with Crippen molar-refractivity contribution in [2.45, 2.75) is 50.5 Å². The van der Waals surface area contributed by atoms with Crippen LogP contribution in [0.4, 0.5) is 5.69 Å². The minimum Gasteiger partial charge on any atom is -0.461 e. The van der Waals surface area contributed by atoms with Gasteiger partial charge in [0.2, 0.25) is 15.9 Å². The molecule has 0 radical (unpaired) electrons. The van der Waals surface area contributed by atoms with Crippen molar-refractivity contribution in [2.24, 2.45) is 5.92 Å². The maximum atomic E-state index is 12.4. The van der Waals surface area contributed by atoms with Gasteiger partial charge >= 0.3 is 0 Å². The molecule has 0 saturated heterocycles. The van der Waals surface area contributed by atoms with Crippen LogP contribution < -0.4 is 10.0 Å². The molecular formula is C21H26N2O4S. The summed E-state index contributed by atoms with van der Waals surface area (Å²) in [4.78, 5) is 12.3. The van der Waals surface area contributed by atoms with Gasteiger partial charge in [-0.05, 0) is 69.5 Å². The molecular weight excluding hydrogens is 376 g/mol. The minimum absolute atomic E-state index is 0.0958. The number of nitrogens with one attached hydrogen (secondary N) is 2. The normalized spacial score (nSPS) is 19.7. The van der Waals surface area contributed by atoms with Crippen LogP contribution >= 0.6 is 0 Å². The number of furan rings is 1. The monoisotopic (exact) mass is 402 g/mol. The van der Waals surface area contributed by atoms with Crippen molar-refractivity contribution in [3.63, 3.8) is 0 Å². The van der Waals surface area contributed by atoms with Crippen molar-refractivity contribution >= 4 is 27.7 Å². The molecule has 3 rings (SSSR count). The molecule has 1 aromatic heterocycles. The van der Waals surface area contributed by atoms with Gasteiger partial charge in [0.05, 0.1) is 4.90 Å². The summed E-state index contributed by atoms with van der Waals surface area (Å²) >= 11 is 0. The lowest BCUT2D eigenvalue weighted by Crippen LogP contribution is -2.40. The van der Waals surface area contributed by atoms with Gasteiger partial charge in [0, 0.05) is 23.2 Å². The zero-order valence-electron chi connectivity index (χ0n) is 16.5. The first kappa shape index (κ1) is 20.4. The van der Waals surface area contributed by atoms with Crippen LogP contribution in [0.5, 0.6) is 0 Å². The van der Waals surface area contributed by atoms with Gasteiger partial charge in [0.25, 0.3) is 0 Å². The second-order valence-electron chi connectivity index (χ2n) is 8.27. The molecule has 1 amide bonds. The second-order valence-corrected chi connectivity index (χ2v) is 9.95. The van der Waals surface area contributed by atoms with E-state index in [2.05, 4.69) is 17.0 Å². The summed E-state index contributed by atoms with van der Waals surface area (Å²) in [6.45, 7) is 7.49. The number of anilines is 1. The molecule has 1 aromatic carbocycles. The predicted molar refractivity (Wildman–Crippen MR) is 109 cm³/mol. The molecule has 2 aromatic rings. The van der Waals surface area contributed by atoms with Crippen LogP contribution in [0.1, 0.15) is 51.6 Å². The van der Waals surface area contributed by atoms with E-state index in [1.54, 1.807) is 39.0 Å². The fourth-order valence-electron chi connectivity index (χ4n) is 2.92. The first-order valence-corrected chi connectivity index (χ1v) is 10.7. The molecule has 0 bridgehead atoms. The van der Waals surface area contributed by atoms with Gasteiger partial charge in [-0.3, -0.25) is 4.79 Å². The topological polar surface area (TPSA) is 88.4 Å². The zero-order valence-corrected chi connectivity index (χ0v) is 17.3. The molecule has 2 unspecified atom stereocenters. The number of hydrogen-bond acceptors (Lipinski definition) is 4. The van der Waals surface area contributed by atoms with E-state index in [1.165, 1.54) is 18.2 Å². The van der Waals surface area contributed by atoms with Crippen molar-refractivity contribution in [1.29, 1.82) is 0 Å². The average molecular weight is 403 g/mol. The number of rotatable bonds is 6. The Bertz CT molecular complexity index is 999. The number of sulfonamides is 1. The SMILES string of the molecule is CC1CC1c1ccc(/C=C/C(=O)Nc2cccc(S(=O)(=O)NC(C)(C)C)c2)o1. The maximum absolute atomic E-state index is 12.4. The van der Waals surface area contributed by atoms with Gasteiger partial charge in [-0.15, -0.1) is 0 Å². The molecule has 150 valence electrons. The number of hydrogen-bond donors (Lipinski definition) is 2. The van der Waals surface area contributed by atoms with E-state index in [-0.39, 0.29) is 10.8 Å². The van der Waals surface area contributed by atoms with Crippen molar-refractivity contribution in [2.75, 3.05) is 5.32 Å². The Hall–Kier alpha value is -2.38. The van der Waals surface area contributed by atoms with Gasteiger partial charge in [-0.2, -0.15) is 0 Å². The van der Waals surface area contributed by atoms with Crippen molar-refractivity contribution in [3.8, 4) is 0 Å². The molecule has 2 atom stereocenters. The van der Waals surface area contributed by atoms with Crippen molar-refractivity contribution in [3.05, 3.63) is 54.0 Å². The molecule has 7 heteroatoms. The van der Waals surface area contributed by atoms with E-state index in [4.69, 9.17) is 4.42 Å². The fraction of sp³-hybridized carbons (Fsp3) is 0.381. The third-order valence-electron chi connectivity index (χ3n) is 4.37. The number of carbonyl (C=O) groups is 1. The molecule has 1 saturated carbocycles. The third kappa shape index (κ3) is 5.33. The van der Waals surface area contributed by atoms with Crippen molar-refractivity contribution in [1.82, 2.24) is 4.72 Å². The Labute approximate surface area is 166 Å². The van der Waals surface area contributed by atoms with E-state index in [0.717, 1.165) is 12.2 Å². The lowest BCUT2D eigenvalue weighted by atomic mass is 10.1. The second kappa shape index (κ2) is 7.56. The lowest BCUT2D eigenvalue weighted by molar-refractivity contribution is -0.111. The van der Waals surface area contributed by atoms with Crippen LogP contribution in [0, 0.1) is 5.92 Å².